The standard InChI is InChI=1S/C16H20O2/c1-9-5-16(12(4)11(3)10(9)2)13-6-14(17)8-15(18)7-13/h5,8,13,17H,6-7H2,1-4H3. The van der Waals surface area contributed by atoms with E-state index < -0.39 is 0 Å². The van der Waals surface area contributed by atoms with Gasteiger partial charge in [0.2, 0.25) is 0 Å². The molecule has 2 rings (SSSR count). The van der Waals surface area contributed by atoms with E-state index in [1.165, 1.54) is 33.9 Å². The molecule has 0 saturated heterocycles. The summed E-state index contributed by atoms with van der Waals surface area (Å²) in [6, 6.07) is 2.17. The van der Waals surface area contributed by atoms with E-state index in [9.17, 15) is 9.90 Å². The molecule has 1 atom stereocenters. The molecule has 0 bridgehead atoms. The molecule has 0 heterocycles. The molecular formula is C16H20O2. The first kappa shape index (κ1) is 12.9. The van der Waals surface area contributed by atoms with Gasteiger partial charge in [-0.25, -0.2) is 0 Å². The van der Waals surface area contributed by atoms with E-state index in [4.69, 9.17) is 0 Å². The van der Waals surface area contributed by atoms with Gasteiger partial charge in [0.1, 0.15) is 0 Å². The quantitative estimate of drug-likeness (QED) is 0.815. The van der Waals surface area contributed by atoms with Crippen molar-refractivity contribution in [1.82, 2.24) is 0 Å². The molecule has 0 radical (unpaired) electrons. The van der Waals surface area contributed by atoms with Crippen LogP contribution in [-0.4, -0.2) is 10.9 Å². The van der Waals surface area contributed by atoms with E-state index in [0.29, 0.717) is 12.8 Å². The predicted octanol–water partition coefficient (Wildman–Crippen LogP) is 3.81. The molecule has 2 heteroatoms. The number of allylic oxidation sites excluding steroid dienone is 2. The van der Waals surface area contributed by atoms with Crippen molar-refractivity contribution in [2.75, 3.05) is 0 Å². The van der Waals surface area contributed by atoms with Crippen LogP contribution in [0.25, 0.3) is 0 Å². The summed E-state index contributed by atoms with van der Waals surface area (Å²) in [5, 5.41) is 9.64. The largest absolute Gasteiger partial charge is 0.512 e. The second-order valence-electron chi connectivity index (χ2n) is 5.36. The molecule has 18 heavy (non-hydrogen) atoms. The van der Waals surface area contributed by atoms with Gasteiger partial charge in [-0.05, 0) is 61.4 Å². The van der Waals surface area contributed by atoms with Crippen LogP contribution in [0.4, 0.5) is 0 Å². The van der Waals surface area contributed by atoms with Gasteiger partial charge in [-0.2, -0.15) is 0 Å². The van der Waals surface area contributed by atoms with Gasteiger partial charge in [-0.15, -0.1) is 0 Å². The molecule has 0 amide bonds. The van der Waals surface area contributed by atoms with Crippen molar-refractivity contribution in [3.8, 4) is 0 Å². The summed E-state index contributed by atoms with van der Waals surface area (Å²) in [5.74, 6) is 0.367. The van der Waals surface area contributed by atoms with Gasteiger partial charge in [0.25, 0.3) is 0 Å². The molecule has 1 aromatic carbocycles. The average Bonchev–Trinajstić information content (AvgIpc) is 2.30. The summed E-state index contributed by atoms with van der Waals surface area (Å²) in [5.41, 5.74) is 6.34. The van der Waals surface area contributed by atoms with E-state index >= 15 is 0 Å². The first-order valence-electron chi connectivity index (χ1n) is 6.39. The van der Waals surface area contributed by atoms with E-state index in [0.717, 1.165) is 0 Å². The third-order valence-electron chi connectivity index (χ3n) is 4.19. The lowest BCUT2D eigenvalue weighted by Gasteiger charge is -2.24. The number of benzene rings is 1. The molecule has 0 aromatic heterocycles. The second kappa shape index (κ2) is 4.60. The first-order chi connectivity index (χ1) is 8.40. The first-order valence-corrected chi connectivity index (χ1v) is 6.39. The van der Waals surface area contributed by atoms with Crippen LogP contribution >= 0.6 is 0 Å². The second-order valence-corrected chi connectivity index (χ2v) is 5.36. The van der Waals surface area contributed by atoms with Gasteiger partial charge in [0.05, 0.1) is 5.76 Å². The summed E-state index contributed by atoms with van der Waals surface area (Å²) in [6.45, 7) is 8.47. The normalized spacial score (nSPS) is 19.9. The number of aliphatic hydroxyl groups excluding tert-OH is 1. The lowest BCUT2D eigenvalue weighted by molar-refractivity contribution is -0.115. The number of carbonyl (C=O) groups excluding carboxylic acids is 1. The van der Waals surface area contributed by atoms with Crippen LogP contribution in [0.1, 0.15) is 46.6 Å². The van der Waals surface area contributed by atoms with Crippen molar-refractivity contribution in [3.63, 3.8) is 0 Å². The topological polar surface area (TPSA) is 37.3 Å². The summed E-state index contributed by atoms with van der Waals surface area (Å²) in [6.07, 6.45) is 2.45. The Morgan fingerprint density at radius 1 is 1.06 bits per heavy atom. The minimum absolute atomic E-state index is 0.0269. The van der Waals surface area contributed by atoms with Crippen molar-refractivity contribution in [3.05, 3.63) is 45.7 Å². The van der Waals surface area contributed by atoms with E-state index in [2.05, 4.69) is 33.8 Å². The Morgan fingerprint density at radius 3 is 2.33 bits per heavy atom. The zero-order valence-electron chi connectivity index (χ0n) is 11.5. The molecule has 1 aromatic rings. The minimum atomic E-state index is 0.0269. The third kappa shape index (κ3) is 2.20. The molecular weight excluding hydrogens is 224 g/mol. The molecule has 0 fully saturated rings. The number of hydrogen-bond acceptors (Lipinski definition) is 2. The number of aliphatic hydroxyl groups is 1. The van der Waals surface area contributed by atoms with E-state index in [1.54, 1.807) is 0 Å². The Balaban J connectivity index is 2.47. The van der Waals surface area contributed by atoms with Crippen LogP contribution in [0.15, 0.2) is 17.9 Å². The van der Waals surface area contributed by atoms with Crippen molar-refractivity contribution in [1.29, 1.82) is 0 Å². The highest BCUT2D eigenvalue weighted by molar-refractivity contribution is 5.91. The monoisotopic (exact) mass is 244 g/mol. The van der Waals surface area contributed by atoms with Crippen molar-refractivity contribution in [2.45, 2.75) is 46.5 Å². The van der Waals surface area contributed by atoms with Crippen LogP contribution in [0.5, 0.6) is 0 Å². The van der Waals surface area contributed by atoms with E-state index in [1.807, 2.05) is 0 Å². The van der Waals surface area contributed by atoms with Gasteiger partial charge in [0, 0.05) is 18.9 Å². The summed E-state index contributed by atoms with van der Waals surface area (Å²) < 4.78 is 0. The Bertz CT molecular complexity index is 539. The maximum absolute atomic E-state index is 11.6. The van der Waals surface area contributed by atoms with Gasteiger partial charge < -0.3 is 5.11 Å². The highest BCUT2D eigenvalue weighted by Gasteiger charge is 2.24. The Morgan fingerprint density at radius 2 is 1.72 bits per heavy atom. The highest BCUT2D eigenvalue weighted by atomic mass is 16.3. The fourth-order valence-electron chi connectivity index (χ4n) is 2.76. The number of carbonyl (C=O) groups is 1. The molecule has 1 unspecified atom stereocenters. The van der Waals surface area contributed by atoms with Crippen molar-refractivity contribution in [2.24, 2.45) is 0 Å². The fourth-order valence-corrected chi connectivity index (χ4v) is 2.76. The van der Waals surface area contributed by atoms with Crippen LogP contribution in [-0.2, 0) is 4.79 Å². The summed E-state index contributed by atoms with van der Waals surface area (Å²) in [7, 11) is 0. The smallest absolute Gasteiger partial charge is 0.159 e. The Kier molecular flexibility index (Phi) is 3.29. The summed E-state index contributed by atoms with van der Waals surface area (Å²) in [4.78, 5) is 11.6. The SMILES string of the molecule is Cc1cc(C2CC(=O)C=C(O)C2)c(C)c(C)c1C. The molecule has 0 saturated carbocycles. The Hall–Kier alpha value is -1.57. The number of hydrogen-bond donors (Lipinski definition) is 1. The molecule has 1 aliphatic rings. The molecule has 1 aliphatic carbocycles. The van der Waals surface area contributed by atoms with Crippen molar-refractivity contribution < 1.29 is 9.90 Å². The van der Waals surface area contributed by atoms with Crippen LogP contribution in [0.3, 0.4) is 0 Å². The number of ketones is 1. The van der Waals surface area contributed by atoms with Gasteiger partial charge >= 0.3 is 0 Å². The molecule has 1 N–H and O–H groups in total. The number of rotatable bonds is 1. The molecule has 2 nitrogen and oxygen atoms in total. The van der Waals surface area contributed by atoms with Gasteiger partial charge in [-0.3, -0.25) is 4.79 Å². The average molecular weight is 244 g/mol. The number of aryl methyl sites for hydroxylation is 1. The maximum Gasteiger partial charge on any atom is 0.159 e. The van der Waals surface area contributed by atoms with Crippen LogP contribution in [0.2, 0.25) is 0 Å². The molecule has 0 spiro atoms. The molecule has 0 aliphatic heterocycles. The lowest BCUT2D eigenvalue weighted by atomic mass is 9.81. The zero-order chi connectivity index (χ0) is 13.4. The van der Waals surface area contributed by atoms with Crippen LogP contribution < -0.4 is 0 Å². The van der Waals surface area contributed by atoms with E-state index in [-0.39, 0.29) is 17.5 Å². The van der Waals surface area contributed by atoms with Gasteiger partial charge in [0.15, 0.2) is 5.78 Å². The minimum Gasteiger partial charge on any atom is -0.512 e. The van der Waals surface area contributed by atoms with Gasteiger partial charge in [-0.1, -0.05) is 6.07 Å². The molecule has 96 valence electrons. The third-order valence-corrected chi connectivity index (χ3v) is 4.19. The van der Waals surface area contributed by atoms with Crippen molar-refractivity contribution >= 4 is 5.78 Å². The lowest BCUT2D eigenvalue weighted by Crippen LogP contribution is -2.14. The zero-order valence-corrected chi connectivity index (χ0v) is 11.5. The maximum atomic E-state index is 11.6. The fraction of sp³-hybridized carbons (Fsp3) is 0.438. The highest BCUT2D eigenvalue weighted by Crippen LogP contribution is 2.35. The Labute approximate surface area is 108 Å². The predicted molar refractivity (Wildman–Crippen MR) is 73.1 cm³/mol. The van der Waals surface area contributed by atoms with Crippen LogP contribution in [0, 0.1) is 27.7 Å². The summed E-state index contributed by atoms with van der Waals surface area (Å²) >= 11 is 0.